The monoisotopic (exact) mass is 348 g/mol. The van der Waals surface area contributed by atoms with E-state index in [1.54, 1.807) is 24.3 Å². The normalized spacial score (nSPS) is 29.5. The van der Waals surface area contributed by atoms with E-state index in [0.717, 1.165) is 12.8 Å². The summed E-state index contributed by atoms with van der Waals surface area (Å²) < 4.78 is 0. The van der Waals surface area contributed by atoms with Gasteiger partial charge >= 0.3 is 0 Å². The molecule has 6 rings (SSSR count). The molecule has 2 aromatic rings. The molecule has 4 aliphatic rings. The quantitative estimate of drug-likeness (QED) is 0.360. The van der Waals surface area contributed by atoms with Crippen molar-refractivity contribution >= 4 is 34.0 Å². The highest BCUT2D eigenvalue weighted by molar-refractivity contribution is 6.25. The van der Waals surface area contributed by atoms with Gasteiger partial charge in [0.05, 0.1) is 27.8 Å². The van der Waals surface area contributed by atoms with E-state index in [4.69, 9.17) is 0 Å². The van der Waals surface area contributed by atoms with E-state index in [2.05, 4.69) is 12.2 Å². The summed E-state index contributed by atoms with van der Waals surface area (Å²) in [4.78, 5) is 38.4. The minimum absolute atomic E-state index is 0.0254. The van der Waals surface area contributed by atoms with Crippen molar-refractivity contribution in [3.8, 4) is 0 Å². The molecule has 26 heavy (non-hydrogen) atoms. The first-order chi connectivity index (χ1) is 12.6. The number of fused-ring (bicyclic) bond motifs is 2. The summed E-state index contributed by atoms with van der Waals surface area (Å²) in [6.45, 7) is 0. The lowest BCUT2D eigenvalue weighted by Crippen LogP contribution is -2.38. The van der Waals surface area contributed by atoms with E-state index in [-0.39, 0.29) is 41.2 Å². The van der Waals surface area contributed by atoms with Gasteiger partial charge in [-0.25, -0.2) is 4.90 Å². The van der Waals surface area contributed by atoms with E-state index in [0.29, 0.717) is 16.5 Å². The van der Waals surface area contributed by atoms with Gasteiger partial charge in [0, 0.05) is 11.5 Å². The van der Waals surface area contributed by atoms with Crippen molar-refractivity contribution in [1.29, 1.82) is 0 Å². The first kappa shape index (κ1) is 15.3. The first-order valence-electron chi connectivity index (χ1n) is 8.80. The molecule has 1 heterocycles. The van der Waals surface area contributed by atoms with Gasteiger partial charge < -0.3 is 0 Å². The predicted molar refractivity (Wildman–Crippen MR) is 95.4 cm³/mol. The molecule has 2 aromatic carbocycles. The zero-order valence-corrected chi connectivity index (χ0v) is 13.9. The third kappa shape index (κ3) is 1.87. The fourth-order valence-electron chi connectivity index (χ4n) is 4.93. The largest absolute Gasteiger partial charge is 0.277 e. The third-order valence-corrected chi connectivity index (χ3v) is 6.07. The van der Waals surface area contributed by atoms with E-state index in [1.165, 1.54) is 17.0 Å². The second kappa shape index (κ2) is 5.24. The topological polar surface area (TPSA) is 80.5 Å². The highest BCUT2D eigenvalue weighted by Gasteiger charge is 2.57. The number of hydrogen-bond donors (Lipinski definition) is 0. The molecule has 2 fully saturated rings. The highest BCUT2D eigenvalue weighted by Crippen LogP contribution is 2.51. The summed E-state index contributed by atoms with van der Waals surface area (Å²) in [5.74, 6) is -0.678. The number of anilines is 1. The molecule has 2 unspecified atom stereocenters. The first-order valence-corrected chi connectivity index (χ1v) is 8.80. The number of non-ortho nitro benzene ring substituents is 1. The molecule has 0 radical (unpaired) electrons. The van der Waals surface area contributed by atoms with Crippen molar-refractivity contribution in [2.45, 2.75) is 12.8 Å². The number of imide groups is 1. The molecule has 0 N–H and O–H groups in total. The second-order valence-corrected chi connectivity index (χ2v) is 7.26. The number of hydrogen-bond acceptors (Lipinski definition) is 4. The van der Waals surface area contributed by atoms with Crippen LogP contribution in [-0.4, -0.2) is 16.7 Å². The molecule has 3 aliphatic carbocycles. The summed E-state index contributed by atoms with van der Waals surface area (Å²) in [5.41, 5.74) is 0.428. The molecular formula is C20H16N2O4. The molecule has 6 nitrogen and oxygen atoms in total. The maximum absolute atomic E-state index is 13.1. The van der Waals surface area contributed by atoms with Gasteiger partial charge in [0.25, 0.3) is 5.69 Å². The molecule has 2 bridgehead atoms. The van der Waals surface area contributed by atoms with Crippen LogP contribution >= 0.6 is 0 Å². The Bertz CT molecular complexity index is 980. The number of carbonyl (C=O) groups is 2. The average Bonchev–Trinajstić information content (AvgIpc) is 2.95. The average molecular weight is 348 g/mol. The van der Waals surface area contributed by atoms with E-state index >= 15 is 0 Å². The number of nitrogens with zero attached hydrogens (tertiary/aromatic N) is 2. The smallest absolute Gasteiger partial charge is 0.274 e. The van der Waals surface area contributed by atoms with Crippen LogP contribution < -0.4 is 4.90 Å². The van der Waals surface area contributed by atoms with Crippen molar-refractivity contribution in [3.63, 3.8) is 0 Å². The van der Waals surface area contributed by atoms with Crippen molar-refractivity contribution in [3.05, 3.63) is 58.7 Å². The van der Waals surface area contributed by atoms with Crippen LogP contribution in [0.3, 0.4) is 0 Å². The molecule has 1 saturated heterocycles. The Hall–Kier alpha value is -3.02. The molecule has 2 amide bonds. The maximum atomic E-state index is 13.1. The number of nitro groups is 1. The van der Waals surface area contributed by atoms with Crippen molar-refractivity contribution < 1.29 is 14.5 Å². The summed E-state index contributed by atoms with van der Waals surface area (Å²) >= 11 is 0. The van der Waals surface area contributed by atoms with Gasteiger partial charge in [-0.05, 0) is 36.8 Å². The Kier molecular flexibility index (Phi) is 3.07. The minimum Gasteiger partial charge on any atom is -0.274 e. The standard InChI is InChI=1S/C20H16N2O4/c23-19-17-11-5-6-12(8-7-11)18(17)20(24)21(19)15-9-10-16(22(25)26)14-4-2-1-3-13(14)15/h1-6,9-12,17-18H,7-8H2/t11?,12?,17-,18+. The van der Waals surface area contributed by atoms with Gasteiger partial charge in [-0.15, -0.1) is 0 Å². The molecule has 0 aromatic heterocycles. The van der Waals surface area contributed by atoms with Crippen LogP contribution in [0.2, 0.25) is 0 Å². The molecule has 6 heteroatoms. The number of carbonyl (C=O) groups excluding carboxylic acids is 2. The van der Waals surface area contributed by atoms with E-state index in [9.17, 15) is 19.7 Å². The zero-order valence-electron chi connectivity index (χ0n) is 13.9. The summed E-state index contributed by atoms with van der Waals surface area (Å²) in [6.07, 6.45) is 6.04. The Morgan fingerprint density at radius 2 is 1.46 bits per heavy atom. The highest BCUT2D eigenvalue weighted by atomic mass is 16.6. The molecule has 1 saturated carbocycles. The van der Waals surface area contributed by atoms with Gasteiger partial charge in [-0.1, -0.05) is 30.4 Å². The Morgan fingerprint density at radius 1 is 0.885 bits per heavy atom. The molecule has 4 atom stereocenters. The predicted octanol–water partition coefficient (Wildman–Crippen LogP) is 3.45. The fourth-order valence-corrected chi connectivity index (χ4v) is 4.93. The lowest BCUT2D eigenvalue weighted by molar-refractivity contribution is -0.383. The number of amides is 2. The van der Waals surface area contributed by atoms with Gasteiger partial charge in [0.2, 0.25) is 11.8 Å². The lowest BCUT2D eigenvalue weighted by Gasteiger charge is -2.38. The summed E-state index contributed by atoms with van der Waals surface area (Å²) in [7, 11) is 0. The maximum Gasteiger partial charge on any atom is 0.277 e. The van der Waals surface area contributed by atoms with Crippen LogP contribution in [0.4, 0.5) is 11.4 Å². The Balaban J connectivity index is 1.68. The number of benzene rings is 2. The molecular weight excluding hydrogens is 332 g/mol. The SMILES string of the molecule is O=C1[C@@H]2C3C=CC(CC3)[C@@H]2C(=O)N1c1ccc([N+](=O)[O-])c2ccccc12. The van der Waals surface area contributed by atoms with Crippen molar-refractivity contribution in [2.75, 3.05) is 4.90 Å². The van der Waals surface area contributed by atoms with Gasteiger partial charge in [0.1, 0.15) is 0 Å². The van der Waals surface area contributed by atoms with Gasteiger partial charge in [-0.3, -0.25) is 19.7 Å². The van der Waals surface area contributed by atoms with Crippen LogP contribution in [0.5, 0.6) is 0 Å². The summed E-state index contributed by atoms with van der Waals surface area (Å²) in [5, 5.41) is 12.3. The number of rotatable bonds is 2. The minimum atomic E-state index is -0.441. The van der Waals surface area contributed by atoms with Crippen LogP contribution in [0.25, 0.3) is 10.8 Å². The molecule has 0 spiro atoms. The second-order valence-electron chi connectivity index (χ2n) is 7.26. The van der Waals surface area contributed by atoms with Crippen LogP contribution in [-0.2, 0) is 9.59 Å². The summed E-state index contributed by atoms with van der Waals surface area (Å²) in [6, 6.07) is 9.78. The molecule has 1 aliphatic heterocycles. The van der Waals surface area contributed by atoms with Crippen molar-refractivity contribution in [2.24, 2.45) is 23.7 Å². The fraction of sp³-hybridized carbons (Fsp3) is 0.300. The van der Waals surface area contributed by atoms with Gasteiger partial charge in [-0.2, -0.15) is 0 Å². The number of nitro benzene ring substituents is 1. The van der Waals surface area contributed by atoms with Crippen LogP contribution in [0.15, 0.2) is 48.6 Å². The zero-order chi connectivity index (χ0) is 18.0. The molecule has 130 valence electrons. The Morgan fingerprint density at radius 3 is 2.00 bits per heavy atom. The third-order valence-electron chi connectivity index (χ3n) is 6.07. The Labute approximate surface area is 149 Å². The van der Waals surface area contributed by atoms with E-state index in [1.807, 2.05) is 0 Å². The van der Waals surface area contributed by atoms with Crippen LogP contribution in [0, 0.1) is 33.8 Å². The van der Waals surface area contributed by atoms with Crippen LogP contribution in [0.1, 0.15) is 12.8 Å². The lowest BCUT2D eigenvalue weighted by atomic mass is 9.63. The number of allylic oxidation sites excluding steroid dienone is 2. The van der Waals surface area contributed by atoms with E-state index < -0.39 is 4.92 Å². The van der Waals surface area contributed by atoms with Gasteiger partial charge in [0.15, 0.2) is 0 Å². The van der Waals surface area contributed by atoms with Crippen molar-refractivity contribution in [1.82, 2.24) is 0 Å².